The van der Waals surface area contributed by atoms with E-state index in [1.165, 1.54) is 4.90 Å². The van der Waals surface area contributed by atoms with Crippen LogP contribution in [0.25, 0.3) is 10.9 Å². The van der Waals surface area contributed by atoms with Crippen LogP contribution in [0.1, 0.15) is 16.9 Å². The molecular weight excluding hydrogens is 324 g/mol. The lowest BCUT2D eigenvalue weighted by atomic mass is 10.1. The van der Waals surface area contributed by atoms with Crippen LogP contribution in [0.4, 0.5) is 0 Å². The summed E-state index contributed by atoms with van der Waals surface area (Å²) >= 11 is 0. The van der Waals surface area contributed by atoms with E-state index in [1.807, 2.05) is 24.3 Å². The Morgan fingerprint density at radius 2 is 2.20 bits per heavy atom. The first kappa shape index (κ1) is 17.4. The van der Waals surface area contributed by atoms with Crippen molar-refractivity contribution in [3.05, 3.63) is 30.0 Å². The lowest BCUT2D eigenvalue weighted by molar-refractivity contribution is -0.140. The summed E-state index contributed by atoms with van der Waals surface area (Å²) in [4.78, 5) is 25.8. The van der Waals surface area contributed by atoms with Gasteiger partial charge >= 0.3 is 0 Å². The molecule has 0 radical (unpaired) electrons. The molecule has 1 fully saturated rings. The molecule has 1 aliphatic rings. The van der Waals surface area contributed by atoms with Crippen LogP contribution in [0, 0.1) is 0 Å². The van der Waals surface area contributed by atoms with Crippen LogP contribution in [0.5, 0.6) is 0 Å². The molecule has 0 saturated carbocycles. The molecule has 0 unspecified atom stereocenters. The van der Waals surface area contributed by atoms with E-state index < -0.39 is 0 Å². The van der Waals surface area contributed by atoms with Gasteiger partial charge in [0, 0.05) is 26.1 Å². The van der Waals surface area contributed by atoms with Crippen LogP contribution in [0.15, 0.2) is 24.3 Å². The zero-order valence-corrected chi connectivity index (χ0v) is 14.3. The van der Waals surface area contributed by atoms with E-state index in [1.54, 1.807) is 14.1 Å². The number of aromatic amines is 1. The van der Waals surface area contributed by atoms with Crippen LogP contribution in [-0.2, 0) is 14.3 Å². The number of rotatable bonds is 5. The van der Waals surface area contributed by atoms with Gasteiger partial charge in [-0.15, -0.1) is 0 Å². The van der Waals surface area contributed by atoms with Gasteiger partial charge in [0.25, 0.3) is 5.91 Å². The number of nitrogens with zero attached hydrogens (tertiary/aromatic N) is 2. The zero-order valence-electron chi connectivity index (χ0n) is 14.3. The molecule has 3 rings (SSSR count). The van der Waals surface area contributed by atoms with Crippen molar-refractivity contribution in [2.45, 2.75) is 18.6 Å². The first-order valence-electron chi connectivity index (χ1n) is 8.19. The van der Waals surface area contributed by atoms with Crippen molar-refractivity contribution in [2.24, 2.45) is 0 Å². The quantitative estimate of drug-likeness (QED) is 0.824. The van der Waals surface area contributed by atoms with Crippen LogP contribution in [-0.4, -0.2) is 73.0 Å². The van der Waals surface area contributed by atoms with Gasteiger partial charge in [-0.1, -0.05) is 18.2 Å². The Morgan fingerprint density at radius 1 is 1.40 bits per heavy atom. The molecule has 134 valence electrons. The van der Waals surface area contributed by atoms with Crippen molar-refractivity contribution in [1.29, 1.82) is 0 Å². The number of aromatic nitrogens is 2. The second kappa shape index (κ2) is 7.62. The highest BCUT2D eigenvalue weighted by Crippen LogP contribution is 2.17. The minimum absolute atomic E-state index is 0.0429. The number of H-pyrrole nitrogens is 1. The number of benzene rings is 1. The SMILES string of the molecule is CN(C)C(=O)CO[C@@H]1COCC[C@H]1NC(=O)c1n[nH]c2ccccc12. The van der Waals surface area contributed by atoms with Crippen molar-refractivity contribution in [2.75, 3.05) is 33.9 Å². The smallest absolute Gasteiger partial charge is 0.272 e. The first-order chi connectivity index (χ1) is 12.1. The lowest BCUT2D eigenvalue weighted by Gasteiger charge is -2.32. The normalized spacial score (nSPS) is 20.4. The number of fused-ring (bicyclic) bond motifs is 1. The maximum atomic E-state index is 12.6. The Labute approximate surface area is 145 Å². The van der Waals surface area contributed by atoms with Crippen molar-refractivity contribution in [1.82, 2.24) is 20.4 Å². The number of carbonyl (C=O) groups excluding carboxylic acids is 2. The molecule has 1 aromatic carbocycles. The Hall–Kier alpha value is -2.45. The standard InChI is InChI=1S/C17H22N4O4/c1-21(2)15(22)10-25-14-9-24-8-7-13(14)18-17(23)16-11-5-3-4-6-12(11)19-20-16/h3-6,13-14H,7-10H2,1-2H3,(H,18,23)(H,19,20)/t13-,14-/m1/s1. The molecular formula is C17H22N4O4. The second-order valence-corrected chi connectivity index (χ2v) is 6.20. The second-order valence-electron chi connectivity index (χ2n) is 6.20. The molecule has 2 aromatic rings. The van der Waals surface area contributed by atoms with Gasteiger partial charge in [0.2, 0.25) is 5.91 Å². The van der Waals surface area contributed by atoms with Crippen LogP contribution in [0.3, 0.4) is 0 Å². The van der Waals surface area contributed by atoms with Gasteiger partial charge in [-0.25, -0.2) is 0 Å². The third-order valence-electron chi connectivity index (χ3n) is 4.23. The minimum atomic E-state index is -0.369. The number of hydrogen-bond donors (Lipinski definition) is 2. The highest BCUT2D eigenvalue weighted by atomic mass is 16.5. The van der Waals surface area contributed by atoms with Crippen molar-refractivity contribution < 1.29 is 19.1 Å². The van der Waals surface area contributed by atoms with Gasteiger partial charge in [-0.2, -0.15) is 5.10 Å². The number of hydrogen-bond acceptors (Lipinski definition) is 5. The molecule has 2 N–H and O–H groups in total. The van der Waals surface area contributed by atoms with Gasteiger partial charge in [-0.3, -0.25) is 14.7 Å². The summed E-state index contributed by atoms with van der Waals surface area (Å²) < 4.78 is 11.1. The number of amides is 2. The molecule has 8 heteroatoms. The summed E-state index contributed by atoms with van der Waals surface area (Å²) in [7, 11) is 3.34. The van der Waals surface area contributed by atoms with E-state index in [4.69, 9.17) is 9.47 Å². The monoisotopic (exact) mass is 346 g/mol. The first-order valence-corrected chi connectivity index (χ1v) is 8.19. The zero-order chi connectivity index (χ0) is 17.8. The highest BCUT2D eigenvalue weighted by Gasteiger charge is 2.30. The summed E-state index contributed by atoms with van der Waals surface area (Å²) in [5, 5.41) is 10.7. The molecule has 1 saturated heterocycles. The van der Waals surface area contributed by atoms with Crippen molar-refractivity contribution in [3.8, 4) is 0 Å². The summed E-state index contributed by atoms with van der Waals surface area (Å²) in [6.45, 7) is 0.833. The summed E-state index contributed by atoms with van der Waals surface area (Å²) in [6.07, 6.45) is 0.251. The van der Waals surface area contributed by atoms with E-state index >= 15 is 0 Å². The molecule has 1 aliphatic heterocycles. The molecule has 2 atom stereocenters. The van der Waals surface area contributed by atoms with Crippen LogP contribution >= 0.6 is 0 Å². The molecule has 1 aromatic heterocycles. The Kier molecular flexibility index (Phi) is 5.30. The largest absolute Gasteiger partial charge is 0.379 e. The molecule has 0 spiro atoms. The summed E-state index contributed by atoms with van der Waals surface area (Å²) in [5.74, 6) is -0.397. The third-order valence-corrected chi connectivity index (χ3v) is 4.23. The topological polar surface area (TPSA) is 96.6 Å². The predicted octanol–water partition coefficient (Wildman–Crippen LogP) is 0.555. The molecule has 8 nitrogen and oxygen atoms in total. The molecule has 2 amide bonds. The Balaban J connectivity index is 1.66. The lowest BCUT2D eigenvalue weighted by Crippen LogP contribution is -2.50. The average molecular weight is 346 g/mol. The number of carbonyl (C=O) groups is 2. The Morgan fingerprint density at radius 3 is 3.00 bits per heavy atom. The number of para-hydroxylation sites is 1. The van der Waals surface area contributed by atoms with E-state index in [0.717, 1.165) is 10.9 Å². The number of nitrogens with one attached hydrogen (secondary N) is 2. The van der Waals surface area contributed by atoms with Crippen LogP contribution < -0.4 is 5.32 Å². The fourth-order valence-corrected chi connectivity index (χ4v) is 2.72. The number of ether oxygens (including phenoxy) is 2. The maximum absolute atomic E-state index is 12.6. The highest BCUT2D eigenvalue weighted by molar-refractivity contribution is 6.04. The summed E-state index contributed by atoms with van der Waals surface area (Å²) in [5.41, 5.74) is 1.16. The third kappa shape index (κ3) is 3.97. The van der Waals surface area contributed by atoms with E-state index in [-0.39, 0.29) is 30.6 Å². The van der Waals surface area contributed by atoms with Crippen molar-refractivity contribution in [3.63, 3.8) is 0 Å². The minimum Gasteiger partial charge on any atom is -0.379 e. The molecule has 0 aliphatic carbocycles. The average Bonchev–Trinajstić information content (AvgIpc) is 3.04. The van der Waals surface area contributed by atoms with Gasteiger partial charge in [0.1, 0.15) is 12.7 Å². The maximum Gasteiger partial charge on any atom is 0.272 e. The van der Waals surface area contributed by atoms with Crippen LogP contribution in [0.2, 0.25) is 0 Å². The van der Waals surface area contributed by atoms with E-state index in [9.17, 15) is 9.59 Å². The van der Waals surface area contributed by atoms with E-state index in [0.29, 0.717) is 25.3 Å². The Bertz CT molecular complexity index is 758. The fraction of sp³-hybridized carbons (Fsp3) is 0.471. The fourth-order valence-electron chi connectivity index (χ4n) is 2.72. The number of likely N-dealkylation sites (N-methyl/N-ethyl adjacent to an activating group) is 1. The van der Waals surface area contributed by atoms with Gasteiger partial charge in [0.15, 0.2) is 5.69 Å². The summed E-state index contributed by atoms with van der Waals surface area (Å²) in [6, 6.07) is 7.23. The van der Waals surface area contributed by atoms with Crippen molar-refractivity contribution >= 4 is 22.7 Å². The molecule has 2 heterocycles. The molecule has 0 bridgehead atoms. The van der Waals surface area contributed by atoms with Gasteiger partial charge in [0.05, 0.1) is 18.2 Å². The van der Waals surface area contributed by atoms with Gasteiger partial charge < -0.3 is 19.7 Å². The molecule has 25 heavy (non-hydrogen) atoms. The van der Waals surface area contributed by atoms with E-state index in [2.05, 4.69) is 15.5 Å². The van der Waals surface area contributed by atoms with Gasteiger partial charge in [-0.05, 0) is 12.5 Å². The predicted molar refractivity (Wildman–Crippen MR) is 91.2 cm³/mol.